The molecule has 0 bridgehead atoms. The van der Waals surface area contributed by atoms with Crippen molar-refractivity contribution in [3.8, 4) is 22.5 Å². The molecule has 0 aliphatic rings. The second-order valence-electron chi connectivity index (χ2n) is 9.66. The van der Waals surface area contributed by atoms with Crippen LogP contribution >= 0.6 is 0 Å². The molecule has 5 aromatic carbocycles. The zero-order valence-corrected chi connectivity index (χ0v) is 20.6. The molecule has 0 spiro atoms. The van der Waals surface area contributed by atoms with Gasteiger partial charge in [-0.15, -0.1) is 0 Å². The maximum atomic E-state index is 4.49. The van der Waals surface area contributed by atoms with Crippen LogP contribution in [-0.4, -0.2) is 14.1 Å². The molecule has 3 heteroatoms. The van der Waals surface area contributed by atoms with E-state index in [-0.39, 0.29) is 0 Å². The van der Waals surface area contributed by atoms with E-state index < -0.39 is 0 Å². The first kappa shape index (κ1) is 21.0. The minimum atomic E-state index is 1.14. The molecule has 0 N–H and O–H groups in total. The van der Waals surface area contributed by atoms with E-state index in [0.717, 1.165) is 22.3 Å². The molecular formula is C35H23N3. The summed E-state index contributed by atoms with van der Waals surface area (Å²) in [5.41, 5.74) is 9.49. The van der Waals surface area contributed by atoms with Crippen LogP contribution < -0.4 is 0 Å². The lowest BCUT2D eigenvalue weighted by atomic mass is 9.99. The molecule has 0 atom stereocenters. The van der Waals surface area contributed by atoms with Crippen molar-refractivity contribution in [1.29, 1.82) is 0 Å². The Kier molecular flexibility index (Phi) is 4.52. The summed E-state index contributed by atoms with van der Waals surface area (Å²) in [7, 11) is 0. The number of nitrogens with zero attached hydrogens (tertiary/aromatic N) is 3. The van der Waals surface area contributed by atoms with Gasteiger partial charge in [0.25, 0.3) is 0 Å². The zero-order valence-electron chi connectivity index (χ0n) is 20.6. The number of benzene rings is 5. The van der Waals surface area contributed by atoms with Crippen LogP contribution in [0.1, 0.15) is 0 Å². The molecule has 3 aromatic heterocycles. The Bertz CT molecular complexity index is 1960. The molecule has 0 amide bonds. The largest absolute Gasteiger partial charge is 0.309 e. The van der Waals surface area contributed by atoms with Gasteiger partial charge in [0.2, 0.25) is 0 Å². The molecule has 0 aliphatic heterocycles. The molecular weight excluding hydrogens is 462 g/mol. The third kappa shape index (κ3) is 2.93. The van der Waals surface area contributed by atoms with E-state index in [4.69, 9.17) is 0 Å². The van der Waals surface area contributed by atoms with Crippen molar-refractivity contribution in [2.24, 2.45) is 0 Å². The van der Waals surface area contributed by atoms with Crippen LogP contribution in [0.15, 0.2) is 140 Å². The lowest BCUT2D eigenvalue weighted by Gasteiger charge is -2.15. The summed E-state index contributed by atoms with van der Waals surface area (Å²) in [4.78, 5) is 4.49. The summed E-state index contributed by atoms with van der Waals surface area (Å²) in [6.45, 7) is 0. The Balaban J connectivity index is 1.57. The Labute approximate surface area is 219 Å². The highest BCUT2D eigenvalue weighted by Gasteiger charge is 2.20. The Hall–Kier alpha value is -5.15. The van der Waals surface area contributed by atoms with Crippen molar-refractivity contribution in [1.82, 2.24) is 14.1 Å². The van der Waals surface area contributed by atoms with Crippen LogP contribution in [0.5, 0.6) is 0 Å². The zero-order chi connectivity index (χ0) is 25.1. The summed E-state index contributed by atoms with van der Waals surface area (Å²) in [6.07, 6.45) is 3.87. The van der Waals surface area contributed by atoms with Crippen LogP contribution in [0, 0.1) is 0 Å². The molecule has 0 fully saturated rings. The van der Waals surface area contributed by atoms with E-state index in [1.165, 1.54) is 43.8 Å². The fraction of sp³-hybridized carbons (Fsp3) is 0. The Morgan fingerprint density at radius 3 is 1.53 bits per heavy atom. The molecule has 0 saturated carbocycles. The van der Waals surface area contributed by atoms with E-state index >= 15 is 0 Å². The molecule has 0 saturated heterocycles. The number of hydrogen-bond donors (Lipinski definition) is 0. The lowest BCUT2D eigenvalue weighted by Crippen LogP contribution is -1.97. The molecule has 0 aliphatic carbocycles. The van der Waals surface area contributed by atoms with Gasteiger partial charge in [0.1, 0.15) is 0 Å². The first-order valence-electron chi connectivity index (χ1n) is 12.9. The minimum absolute atomic E-state index is 1.14. The normalized spacial score (nSPS) is 11.7. The molecule has 38 heavy (non-hydrogen) atoms. The second-order valence-corrected chi connectivity index (χ2v) is 9.66. The minimum Gasteiger partial charge on any atom is -0.309 e. The van der Waals surface area contributed by atoms with E-state index in [9.17, 15) is 0 Å². The molecule has 8 aromatic rings. The summed E-state index contributed by atoms with van der Waals surface area (Å²) in [6, 6.07) is 45.5. The van der Waals surface area contributed by atoms with Crippen LogP contribution in [-0.2, 0) is 0 Å². The maximum Gasteiger partial charge on any atom is 0.0620 e. The van der Waals surface area contributed by atoms with Crippen molar-refractivity contribution in [2.75, 3.05) is 0 Å². The van der Waals surface area contributed by atoms with Gasteiger partial charge < -0.3 is 9.13 Å². The van der Waals surface area contributed by atoms with Crippen LogP contribution in [0.3, 0.4) is 0 Å². The lowest BCUT2D eigenvalue weighted by molar-refractivity contribution is 1.17. The monoisotopic (exact) mass is 485 g/mol. The number of aromatic nitrogens is 3. The van der Waals surface area contributed by atoms with Crippen molar-refractivity contribution in [3.63, 3.8) is 0 Å². The topological polar surface area (TPSA) is 22.8 Å². The fourth-order valence-corrected chi connectivity index (χ4v) is 6.06. The molecule has 3 nitrogen and oxygen atoms in total. The third-order valence-electron chi connectivity index (χ3n) is 7.60. The van der Waals surface area contributed by atoms with Gasteiger partial charge in [-0.2, -0.15) is 0 Å². The van der Waals surface area contributed by atoms with Crippen molar-refractivity contribution >= 4 is 43.6 Å². The summed E-state index contributed by atoms with van der Waals surface area (Å²) in [5.74, 6) is 0. The number of rotatable bonds is 3. The van der Waals surface area contributed by atoms with Crippen molar-refractivity contribution < 1.29 is 0 Å². The van der Waals surface area contributed by atoms with E-state index in [2.05, 4.69) is 142 Å². The number of hydrogen-bond acceptors (Lipinski definition) is 1. The standard InChI is InChI=1S/C35H23N3/c1-3-11-24(12-4-1)37-32-20-8-7-15-26(32)27-16-9-17-28(34(27)37)29-18-10-19-30-31-23-36-22-21-33(31)38(35(29)30)25-13-5-2-6-14-25/h1-23H. The molecule has 0 radical (unpaired) electrons. The average Bonchev–Trinajstić information content (AvgIpc) is 3.51. The van der Waals surface area contributed by atoms with Crippen LogP contribution in [0.25, 0.3) is 66.1 Å². The molecule has 8 rings (SSSR count). The van der Waals surface area contributed by atoms with Crippen LogP contribution in [0.2, 0.25) is 0 Å². The van der Waals surface area contributed by atoms with Crippen molar-refractivity contribution in [3.05, 3.63) is 140 Å². The molecule has 178 valence electrons. The number of pyridine rings is 1. The highest BCUT2D eigenvalue weighted by molar-refractivity contribution is 6.18. The van der Waals surface area contributed by atoms with E-state index in [1.807, 2.05) is 12.4 Å². The fourth-order valence-electron chi connectivity index (χ4n) is 6.06. The summed E-state index contributed by atoms with van der Waals surface area (Å²) >= 11 is 0. The van der Waals surface area contributed by atoms with Gasteiger partial charge in [0.05, 0.1) is 22.1 Å². The predicted octanol–water partition coefficient (Wildman–Crippen LogP) is 8.94. The van der Waals surface area contributed by atoms with E-state index in [1.54, 1.807) is 0 Å². The maximum absolute atomic E-state index is 4.49. The first-order valence-corrected chi connectivity index (χ1v) is 12.9. The Morgan fingerprint density at radius 1 is 0.395 bits per heavy atom. The first-order chi connectivity index (χ1) is 18.9. The summed E-state index contributed by atoms with van der Waals surface area (Å²) in [5, 5.41) is 4.87. The number of fused-ring (bicyclic) bond motifs is 6. The van der Waals surface area contributed by atoms with Gasteiger partial charge in [-0.25, -0.2) is 0 Å². The van der Waals surface area contributed by atoms with Gasteiger partial charge in [0.15, 0.2) is 0 Å². The van der Waals surface area contributed by atoms with Crippen molar-refractivity contribution in [2.45, 2.75) is 0 Å². The smallest absolute Gasteiger partial charge is 0.0620 e. The molecule has 3 heterocycles. The van der Waals surface area contributed by atoms with Crippen LogP contribution in [0.4, 0.5) is 0 Å². The molecule has 0 unspecified atom stereocenters. The average molecular weight is 486 g/mol. The predicted molar refractivity (Wildman–Crippen MR) is 158 cm³/mol. The van der Waals surface area contributed by atoms with Gasteiger partial charge in [0, 0.05) is 56.4 Å². The summed E-state index contributed by atoms with van der Waals surface area (Å²) < 4.78 is 4.80. The van der Waals surface area contributed by atoms with Gasteiger partial charge in [-0.05, 0) is 36.4 Å². The van der Waals surface area contributed by atoms with E-state index in [0.29, 0.717) is 0 Å². The highest BCUT2D eigenvalue weighted by Crippen LogP contribution is 2.42. The van der Waals surface area contributed by atoms with Gasteiger partial charge >= 0.3 is 0 Å². The van der Waals surface area contributed by atoms with Gasteiger partial charge in [-0.3, -0.25) is 4.98 Å². The second kappa shape index (κ2) is 8.19. The SMILES string of the molecule is c1ccc(-n2c3ccccc3c3cccc(-c4cccc5c6cnccc6n(-c6ccccc6)c45)c32)cc1. The third-order valence-corrected chi connectivity index (χ3v) is 7.60. The quantitative estimate of drug-likeness (QED) is 0.245. The Morgan fingerprint density at radius 2 is 0.895 bits per heavy atom. The van der Waals surface area contributed by atoms with Gasteiger partial charge in [-0.1, -0.05) is 91.0 Å². The number of para-hydroxylation sites is 5. The highest BCUT2D eigenvalue weighted by atomic mass is 15.0.